The number of benzene rings is 1. The highest BCUT2D eigenvalue weighted by molar-refractivity contribution is 5.32. The minimum atomic E-state index is 0.647. The normalized spacial score (nSPS) is 23.7. The van der Waals surface area contributed by atoms with Gasteiger partial charge in [-0.05, 0) is 30.0 Å². The Morgan fingerprint density at radius 2 is 1.67 bits per heavy atom. The van der Waals surface area contributed by atoms with E-state index in [0.29, 0.717) is 11.8 Å². The van der Waals surface area contributed by atoms with Gasteiger partial charge in [0.25, 0.3) is 0 Å². The number of hydrogen-bond donors (Lipinski definition) is 0. The van der Waals surface area contributed by atoms with E-state index in [2.05, 4.69) is 47.4 Å². The topological polar surface area (TPSA) is 12.9 Å². The van der Waals surface area contributed by atoms with Crippen LogP contribution in [0.5, 0.6) is 0 Å². The Hall–Kier alpha value is -1.63. The fourth-order valence-electron chi connectivity index (χ4n) is 2.19. The first-order chi connectivity index (χ1) is 7.45. The van der Waals surface area contributed by atoms with Gasteiger partial charge in [0.1, 0.15) is 0 Å². The Morgan fingerprint density at radius 3 is 2.40 bits per heavy atom. The molecule has 3 rings (SSSR count). The van der Waals surface area contributed by atoms with Crippen LogP contribution in [0.1, 0.15) is 29.5 Å². The predicted octanol–water partition coefficient (Wildman–Crippen LogP) is 3.35. The van der Waals surface area contributed by atoms with E-state index < -0.39 is 0 Å². The van der Waals surface area contributed by atoms with Gasteiger partial charge in [0, 0.05) is 17.8 Å². The van der Waals surface area contributed by atoms with Gasteiger partial charge in [-0.15, -0.1) is 0 Å². The Bertz CT molecular complexity index is 392. The summed E-state index contributed by atoms with van der Waals surface area (Å²) in [5.74, 6) is 1.34. The van der Waals surface area contributed by atoms with Crippen molar-refractivity contribution in [2.24, 2.45) is 0 Å². The predicted molar refractivity (Wildman–Crippen MR) is 60.8 cm³/mol. The molecular weight excluding hydrogens is 182 g/mol. The van der Waals surface area contributed by atoms with Gasteiger partial charge in [-0.3, -0.25) is 4.98 Å². The maximum absolute atomic E-state index is 4.42. The van der Waals surface area contributed by atoms with Crippen molar-refractivity contribution in [2.45, 2.75) is 18.3 Å². The molecule has 1 aliphatic rings. The van der Waals surface area contributed by atoms with Gasteiger partial charge in [0.15, 0.2) is 0 Å². The number of rotatable bonds is 2. The summed E-state index contributed by atoms with van der Waals surface area (Å²) in [6.07, 6.45) is 3.14. The van der Waals surface area contributed by atoms with Crippen LogP contribution < -0.4 is 0 Å². The second kappa shape index (κ2) is 3.50. The van der Waals surface area contributed by atoms with E-state index in [1.807, 2.05) is 12.3 Å². The van der Waals surface area contributed by atoms with Crippen molar-refractivity contribution in [3.8, 4) is 0 Å². The standard InChI is InChI=1S/C14H13N/c1-2-6-11(7-3-1)12-10-13(12)14-8-4-5-9-15-14/h1-9,12-13H,10H2. The van der Waals surface area contributed by atoms with Crippen molar-refractivity contribution in [2.75, 3.05) is 0 Å². The van der Waals surface area contributed by atoms with Crippen molar-refractivity contribution in [1.29, 1.82) is 0 Å². The van der Waals surface area contributed by atoms with Crippen molar-refractivity contribution in [3.05, 3.63) is 66.0 Å². The van der Waals surface area contributed by atoms with Crippen LogP contribution in [0.15, 0.2) is 54.7 Å². The van der Waals surface area contributed by atoms with E-state index in [1.54, 1.807) is 0 Å². The van der Waals surface area contributed by atoms with Gasteiger partial charge >= 0.3 is 0 Å². The Morgan fingerprint density at radius 1 is 0.867 bits per heavy atom. The molecule has 0 saturated heterocycles. The Labute approximate surface area is 89.8 Å². The molecule has 0 amide bonds. The third-order valence-corrected chi connectivity index (χ3v) is 3.09. The molecule has 1 heterocycles. The average molecular weight is 195 g/mol. The van der Waals surface area contributed by atoms with Crippen LogP contribution in [-0.2, 0) is 0 Å². The van der Waals surface area contributed by atoms with Crippen molar-refractivity contribution >= 4 is 0 Å². The minimum Gasteiger partial charge on any atom is -0.261 e. The van der Waals surface area contributed by atoms with Gasteiger partial charge in [-0.2, -0.15) is 0 Å². The first-order valence-corrected chi connectivity index (χ1v) is 5.41. The maximum Gasteiger partial charge on any atom is 0.0440 e. The SMILES string of the molecule is c1ccc(C2CC2c2ccccn2)cc1. The van der Waals surface area contributed by atoms with E-state index >= 15 is 0 Å². The molecule has 1 saturated carbocycles. The lowest BCUT2D eigenvalue weighted by Gasteiger charge is -1.99. The van der Waals surface area contributed by atoms with Gasteiger partial charge < -0.3 is 0 Å². The van der Waals surface area contributed by atoms with Crippen molar-refractivity contribution < 1.29 is 0 Å². The summed E-state index contributed by atoms with van der Waals surface area (Å²) in [5.41, 5.74) is 2.69. The van der Waals surface area contributed by atoms with E-state index in [1.165, 1.54) is 17.7 Å². The zero-order chi connectivity index (χ0) is 10.1. The Balaban J connectivity index is 1.81. The molecule has 74 valence electrons. The van der Waals surface area contributed by atoms with Gasteiger partial charge in [0.05, 0.1) is 0 Å². The van der Waals surface area contributed by atoms with Gasteiger partial charge in [-0.25, -0.2) is 0 Å². The fraction of sp³-hybridized carbons (Fsp3) is 0.214. The lowest BCUT2D eigenvalue weighted by atomic mass is 10.1. The summed E-state index contributed by atoms with van der Waals surface area (Å²) in [7, 11) is 0. The second-order valence-electron chi connectivity index (χ2n) is 4.11. The van der Waals surface area contributed by atoms with Crippen LogP contribution in [0, 0.1) is 0 Å². The highest BCUT2D eigenvalue weighted by atomic mass is 14.7. The number of pyridine rings is 1. The lowest BCUT2D eigenvalue weighted by Crippen LogP contribution is -1.86. The zero-order valence-electron chi connectivity index (χ0n) is 8.51. The molecule has 1 aromatic heterocycles. The summed E-state index contributed by atoms with van der Waals surface area (Å²) in [5, 5.41) is 0. The average Bonchev–Trinajstić information content (AvgIpc) is 3.11. The first-order valence-electron chi connectivity index (χ1n) is 5.41. The number of nitrogens with zero attached hydrogens (tertiary/aromatic N) is 1. The summed E-state index contributed by atoms with van der Waals surface area (Å²) < 4.78 is 0. The second-order valence-corrected chi connectivity index (χ2v) is 4.11. The molecule has 0 aliphatic heterocycles. The number of hydrogen-bond acceptors (Lipinski definition) is 1. The molecule has 0 N–H and O–H groups in total. The quantitative estimate of drug-likeness (QED) is 0.716. The maximum atomic E-state index is 4.42. The molecule has 15 heavy (non-hydrogen) atoms. The summed E-state index contributed by atoms with van der Waals surface area (Å²) in [6.45, 7) is 0. The highest BCUT2D eigenvalue weighted by Crippen LogP contribution is 2.53. The lowest BCUT2D eigenvalue weighted by molar-refractivity contribution is 0.966. The van der Waals surface area contributed by atoms with Crippen LogP contribution in [0.4, 0.5) is 0 Å². The fourth-order valence-corrected chi connectivity index (χ4v) is 2.19. The molecule has 0 bridgehead atoms. The van der Waals surface area contributed by atoms with Crippen LogP contribution in [0.3, 0.4) is 0 Å². The Kier molecular flexibility index (Phi) is 2.02. The molecule has 1 nitrogen and oxygen atoms in total. The van der Waals surface area contributed by atoms with Crippen LogP contribution in [0.2, 0.25) is 0 Å². The van der Waals surface area contributed by atoms with E-state index in [0.717, 1.165) is 0 Å². The largest absolute Gasteiger partial charge is 0.261 e. The van der Waals surface area contributed by atoms with E-state index in [9.17, 15) is 0 Å². The summed E-state index contributed by atoms with van der Waals surface area (Å²) >= 11 is 0. The zero-order valence-corrected chi connectivity index (χ0v) is 8.51. The number of aromatic nitrogens is 1. The van der Waals surface area contributed by atoms with Crippen molar-refractivity contribution in [1.82, 2.24) is 4.98 Å². The molecule has 1 fully saturated rings. The molecule has 0 spiro atoms. The molecule has 2 unspecified atom stereocenters. The molecule has 2 aromatic rings. The highest BCUT2D eigenvalue weighted by Gasteiger charge is 2.40. The molecule has 0 radical (unpaired) electrons. The molecule has 2 atom stereocenters. The van der Waals surface area contributed by atoms with E-state index in [4.69, 9.17) is 0 Å². The third kappa shape index (κ3) is 1.65. The molecular formula is C14H13N. The van der Waals surface area contributed by atoms with Crippen LogP contribution in [-0.4, -0.2) is 4.98 Å². The summed E-state index contributed by atoms with van der Waals surface area (Å²) in [6, 6.07) is 16.9. The van der Waals surface area contributed by atoms with Gasteiger partial charge in [0.2, 0.25) is 0 Å². The van der Waals surface area contributed by atoms with Crippen molar-refractivity contribution in [3.63, 3.8) is 0 Å². The third-order valence-electron chi connectivity index (χ3n) is 3.09. The van der Waals surface area contributed by atoms with E-state index in [-0.39, 0.29) is 0 Å². The monoisotopic (exact) mass is 195 g/mol. The summed E-state index contributed by atoms with van der Waals surface area (Å²) in [4.78, 5) is 4.42. The first kappa shape index (κ1) is 8.66. The molecule has 1 heteroatoms. The molecule has 1 aromatic carbocycles. The molecule has 1 aliphatic carbocycles. The van der Waals surface area contributed by atoms with Gasteiger partial charge in [-0.1, -0.05) is 36.4 Å². The smallest absolute Gasteiger partial charge is 0.0440 e. The van der Waals surface area contributed by atoms with Crippen LogP contribution >= 0.6 is 0 Å². The van der Waals surface area contributed by atoms with Crippen LogP contribution in [0.25, 0.3) is 0 Å². The minimum absolute atomic E-state index is 0.647.